The van der Waals surface area contributed by atoms with Gasteiger partial charge in [0.15, 0.2) is 0 Å². The van der Waals surface area contributed by atoms with E-state index >= 15 is 0 Å². The minimum atomic E-state index is -0.301. The number of aryl methyl sites for hydroxylation is 1. The molecule has 1 aromatic heterocycles. The maximum absolute atomic E-state index is 12.6. The van der Waals surface area contributed by atoms with Gasteiger partial charge in [-0.15, -0.1) is 10.2 Å². The van der Waals surface area contributed by atoms with Crippen LogP contribution < -0.4 is 10.2 Å². The highest BCUT2D eigenvalue weighted by molar-refractivity contribution is 7.98. The van der Waals surface area contributed by atoms with E-state index in [1.165, 1.54) is 17.3 Å². The van der Waals surface area contributed by atoms with Gasteiger partial charge in [0.25, 0.3) is 5.91 Å². The summed E-state index contributed by atoms with van der Waals surface area (Å²) in [4.78, 5) is 12.6. The number of carbonyl (C=O) groups is 1. The van der Waals surface area contributed by atoms with E-state index in [0.29, 0.717) is 33.9 Å². The number of hydrogen-bond donors (Lipinski definition) is 1. The largest absolute Gasteiger partial charge is 0.492 e. The van der Waals surface area contributed by atoms with Gasteiger partial charge in [-0.05, 0) is 37.6 Å². The molecule has 0 saturated heterocycles. The van der Waals surface area contributed by atoms with Crippen LogP contribution in [0.2, 0.25) is 5.02 Å². The van der Waals surface area contributed by atoms with Crippen molar-refractivity contribution in [3.05, 3.63) is 70.5 Å². The second-order valence-electron chi connectivity index (χ2n) is 5.66. The van der Waals surface area contributed by atoms with E-state index in [-0.39, 0.29) is 5.91 Å². The van der Waals surface area contributed by atoms with Gasteiger partial charge in [-0.3, -0.25) is 10.2 Å². The number of nitrogens with zero attached hydrogens (tertiary/aromatic N) is 3. The zero-order valence-corrected chi connectivity index (χ0v) is 16.5. The van der Waals surface area contributed by atoms with Crippen LogP contribution in [0.5, 0.6) is 5.75 Å². The number of carbonyl (C=O) groups excluding carboxylic acids is 1. The Bertz CT molecular complexity index is 931. The number of amides is 1. The van der Waals surface area contributed by atoms with Crippen LogP contribution in [0.15, 0.2) is 53.7 Å². The summed E-state index contributed by atoms with van der Waals surface area (Å²) in [5.41, 5.74) is 4.41. The summed E-state index contributed by atoms with van der Waals surface area (Å²) in [7, 11) is 0. The highest BCUT2D eigenvalue weighted by Crippen LogP contribution is 2.26. The molecule has 8 heteroatoms. The SMILES string of the molecule is CCOc1ccc(C(=O)Nn2c(C)nnc2SCc2ccccc2)cc1Cl. The fourth-order valence-corrected chi connectivity index (χ4v) is 3.50. The highest BCUT2D eigenvalue weighted by atomic mass is 35.5. The van der Waals surface area contributed by atoms with Gasteiger partial charge in [0, 0.05) is 11.3 Å². The molecule has 1 heterocycles. The van der Waals surface area contributed by atoms with E-state index in [1.54, 1.807) is 29.8 Å². The summed E-state index contributed by atoms with van der Waals surface area (Å²) in [5.74, 6) is 1.57. The lowest BCUT2D eigenvalue weighted by Gasteiger charge is -2.11. The lowest BCUT2D eigenvalue weighted by Crippen LogP contribution is -2.24. The van der Waals surface area contributed by atoms with Crippen molar-refractivity contribution in [3.8, 4) is 5.75 Å². The predicted molar refractivity (Wildman–Crippen MR) is 107 cm³/mol. The molecule has 0 saturated carbocycles. The van der Waals surface area contributed by atoms with Crippen molar-refractivity contribution in [1.29, 1.82) is 0 Å². The first-order chi connectivity index (χ1) is 13.1. The summed E-state index contributed by atoms with van der Waals surface area (Å²) in [6.45, 7) is 4.17. The number of nitrogens with one attached hydrogen (secondary N) is 1. The minimum Gasteiger partial charge on any atom is -0.492 e. The maximum atomic E-state index is 12.6. The summed E-state index contributed by atoms with van der Waals surface area (Å²) in [6, 6.07) is 15.0. The second kappa shape index (κ2) is 8.92. The molecule has 0 aliphatic heterocycles. The van der Waals surface area contributed by atoms with Gasteiger partial charge in [-0.25, -0.2) is 4.68 Å². The van der Waals surface area contributed by atoms with Crippen molar-refractivity contribution in [2.45, 2.75) is 24.8 Å². The second-order valence-corrected chi connectivity index (χ2v) is 7.01. The quantitative estimate of drug-likeness (QED) is 0.596. The molecule has 27 heavy (non-hydrogen) atoms. The Morgan fingerprint density at radius 3 is 2.70 bits per heavy atom. The van der Waals surface area contributed by atoms with Gasteiger partial charge in [0.2, 0.25) is 5.16 Å². The van der Waals surface area contributed by atoms with E-state index in [9.17, 15) is 4.79 Å². The molecule has 0 radical (unpaired) electrons. The Morgan fingerprint density at radius 1 is 1.22 bits per heavy atom. The average molecular weight is 403 g/mol. The van der Waals surface area contributed by atoms with Crippen molar-refractivity contribution in [1.82, 2.24) is 14.9 Å². The first-order valence-corrected chi connectivity index (χ1v) is 9.77. The minimum absolute atomic E-state index is 0.301. The Hall–Kier alpha value is -2.51. The molecule has 3 rings (SSSR count). The van der Waals surface area contributed by atoms with Gasteiger partial charge in [0.05, 0.1) is 11.6 Å². The molecule has 0 unspecified atom stereocenters. The summed E-state index contributed by atoms with van der Waals surface area (Å²) in [5, 5.41) is 9.22. The summed E-state index contributed by atoms with van der Waals surface area (Å²) < 4.78 is 6.98. The third-order valence-electron chi connectivity index (χ3n) is 3.71. The number of benzene rings is 2. The van der Waals surface area contributed by atoms with Crippen LogP contribution in [-0.4, -0.2) is 27.4 Å². The molecule has 1 amide bonds. The van der Waals surface area contributed by atoms with E-state index in [2.05, 4.69) is 15.6 Å². The van der Waals surface area contributed by atoms with Gasteiger partial charge in [0.1, 0.15) is 11.6 Å². The molecule has 3 aromatic rings. The van der Waals surface area contributed by atoms with Gasteiger partial charge < -0.3 is 4.74 Å². The summed E-state index contributed by atoms with van der Waals surface area (Å²) in [6.07, 6.45) is 0. The fraction of sp³-hybridized carbons (Fsp3) is 0.211. The fourth-order valence-electron chi connectivity index (χ4n) is 2.37. The molecule has 0 fully saturated rings. The number of hydrogen-bond acceptors (Lipinski definition) is 5. The number of thioether (sulfide) groups is 1. The van der Waals surface area contributed by atoms with Crippen LogP contribution in [0, 0.1) is 6.92 Å². The van der Waals surface area contributed by atoms with Gasteiger partial charge in [-0.1, -0.05) is 53.7 Å². The van der Waals surface area contributed by atoms with Crippen LogP contribution in [-0.2, 0) is 5.75 Å². The number of aromatic nitrogens is 3. The predicted octanol–water partition coefficient (Wildman–Crippen LogP) is 4.31. The van der Waals surface area contributed by atoms with Crippen molar-refractivity contribution in [2.75, 3.05) is 12.0 Å². The van der Waals surface area contributed by atoms with Crippen LogP contribution in [0.25, 0.3) is 0 Å². The first-order valence-electron chi connectivity index (χ1n) is 8.41. The molecule has 140 valence electrons. The molecule has 1 N–H and O–H groups in total. The number of ether oxygens (including phenoxy) is 1. The molecule has 0 spiro atoms. The lowest BCUT2D eigenvalue weighted by molar-refractivity contribution is 0.100. The van der Waals surface area contributed by atoms with E-state index in [1.807, 2.05) is 37.3 Å². The lowest BCUT2D eigenvalue weighted by atomic mass is 10.2. The van der Waals surface area contributed by atoms with Crippen molar-refractivity contribution >= 4 is 29.3 Å². The van der Waals surface area contributed by atoms with Crippen LogP contribution in [0.3, 0.4) is 0 Å². The smallest absolute Gasteiger partial charge is 0.270 e. The van der Waals surface area contributed by atoms with Gasteiger partial charge in [-0.2, -0.15) is 0 Å². The Labute approximate surface area is 166 Å². The van der Waals surface area contributed by atoms with E-state index < -0.39 is 0 Å². The molecular weight excluding hydrogens is 384 g/mol. The molecule has 2 aromatic carbocycles. The molecule has 6 nitrogen and oxygen atoms in total. The van der Waals surface area contributed by atoms with E-state index in [4.69, 9.17) is 16.3 Å². The third-order valence-corrected chi connectivity index (χ3v) is 5.01. The normalized spacial score (nSPS) is 10.6. The Balaban J connectivity index is 1.72. The molecule has 0 atom stereocenters. The summed E-state index contributed by atoms with van der Waals surface area (Å²) >= 11 is 7.67. The van der Waals surface area contributed by atoms with E-state index in [0.717, 1.165) is 5.75 Å². The Kier molecular flexibility index (Phi) is 6.36. The third kappa shape index (κ3) is 4.81. The molecule has 0 aliphatic carbocycles. The maximum Gasteiger partial charge on any atom is 0.270 e. The molecular formula is C19H19ClN4O2S. The van der Waals surface area contributed by atoms with Crippen LogP contribution >= 0.6 is 23.4 Å². The number of halogens is 1. The van der Waals surface area contributed by atoms with Crippen molar-refractivity contribution in [3.63, 3.8) is 0 Å². The van der Waals surface area contributed by atoms with Crippen LogP contribution in [0.4, 0.5) is 0 Å². The Morgan fingerprint density at radius 2 is 2.00 bits per heavy atom. The van der Waals surface area contributed by atoms with Crippen molar-refractivity contribution < 1.29 is 9.53 Å². The molecule has 0 aliphatic rings. The zero-order chi connectivity index (χ0) is 19.2. The highest BCUT2D eigenvalue weighted by Gasteiger charge is 2.15. The average Bonchev–Trinajstić information content (AvgIpc) is 3.02. The monoisotopic (exact) mass is 402 g/mol. The molecule has 0 bridgehead atoms. The standard InChI is InChI=1S/C19H19ClN4O2S/c1-3-26-17-10-9-15(11-16(17)20)18(25)23-24-13(2)21-22-19(24)27-12-14-7-5-4-6-8-14/h4-11H,3,12H2,1-2H3,(H,23,25). The first kappa shape index (κ1) is 19.3. The topological polar surface area (TPSA) is 69.0 Å². The van der Waals surface area contributed by atoms with Crippen LogP contribution in [0.1, 0.15) is 28.7 Å². The zero-order valence-electron chi connectivity index (χ0n) is 15.0. The number of rotatable bonds is 7. The van der Waals surface area contributed by atoms with Gasteiger partial charge >= 0.3 is 0 Å². The van der Waals surface area contributed by atoms with Crippen molar-refractivity contribution in [2.24, 2.45) is 0 Å².